The molecule has 0 unspecified atom stereocenters. The first kappa shape index (κ1) is 55.7. The predicted octanol–water partition coefficient (Wildman–Crippen LogP) is 22.5. The summed E-state index contributed by atoms with van der Waals surface area (Å²) < 4.78 is 9.60. The van der Waals surface area contributed by atoms with Gasteiger partial charge in [0.15, 0.2) is 0 Å². The van der Waals surface area contributed by atoms with E-state index in [0.717, 1.165) is 143 Å². The number of benzene rings is 15. The molecule has 2 aliphatic carbocycles. The zero-order chi connectivity index (χ0) is 66.0. The summed E-state index contributed by atoms with van der Waals surface area (Å²) in [5, 5.41) is 35.1. The highest BCUT2D eigenvalue weighted by molar-refractivity contribution is 6.19. The molecule has 0 fully saturated rings. The maximum Gasteiger partial charge on any atom is 0.104 e. The average Bonchev–Trinajstić information content (AvgIpc) is 1.49. The standard InChI is InChI=1S/C94H56N6/c95-57-75-87(97-79-47-23-15-39-65(79)66-40-16-24-48-80(66)97)76(58-96)91(100-84-52-28-20-44-70(84)74-56-54-72-64-38-14-22-46-78(64)94(86(72)89(74)100,61-33-9-3-10-34-61)62-35-11-4-12-36-62)92(98-81-49-25-17-41-67(81)68-42-18-26-50-82(68)98)90(75)99-83-51-27-19-43-69(83)73-55-53-71-63-37-13-21-45-77(63)93(85(71)88(73)99,59-29-5-1-6-30-59)60-31-7-2-8-32-60/h1-56H. The summed E-state index contributed by atoms with van der Waals surface area (Å²) in [6.45, 7) is 0. The summed E-state index contributed by atoms with van der Waals surface area (Å²) in [5.41, 5.74) is 22.1. The van der Waals surface area contributed by atoms with Crippen molar-refractivity contribution >= 4 is 87.2 Å². The van der Waals surface area contributed by atoms with Gasteiger partial charge in [0.25, 0.3) is 0 Å². The Morgan fingerprint density at radius 1 is 0.210 bits per heavy atom. The van der Waals surface area contributed by atoms with E-state index in [4.69, 9.17) is 0 Å². The first-order valence-electron chi connectivity index (χ1n) is 34.2. The van der Waals surface area contributed by atoms with Crippen molar-refractivity contribution in [1.29, 1.82) is 10.5 Å². The van der Waals surface area contributed by atoms with Crippen molar-refractivity contribution in [1.82, 2.24) is 18.3 Å². The molecule has 0 radical (unpaired) electrons. The number of nitriles is 2. The van der Waals surface area contributed by atoms with Gasteiger partial charge in [-0.1, -0.05) is 303 Å². The number of fused-ring (bicyclic) bond motifs is 20. The third-order valence-electron chi connectivity index (χ3n) is 22.2. The van der Waals surface area contributed by atoms with Crippen molar-refractivity contribution in [3.05, 3.63) is 395 Å². The van der Waals surface area contributed by atoms with Crippen LogP contribution in [0.1, 0.15) is 55.6 Å². The molecule has 0 saturated heterocycles. The maximum absolute atomic E-state index is 13.5. The van der Waals surface area contributed by atoms with Gasteiger partial charge in [-0.05, 0) is 92.0 Å². The Kier molecular flexibility index (Phi) is 11.7. The van der Waals surface area contributed by atoms with Gasteiger partial charge in [0.2, 0.25) is 0 Å². The maximum atomic E-state index is 13.5. The largest absolute Gasteiger partial charge is 0.306 e. The zero-order valence-corrected chi connectivity index (χ0v) is 54.0. The molecule has 462 valence electrons. The van der Waals surface area contributed by atoms with E-state index in [-0.39, 0.29) is 0 Å². The molecule has 0 saturated carbocycles. The molecule has 6 nitrogen and oxygen atoms in total. The molecule has 4 heterocycles. The summed E-state index contributed by atoms with van der Waals surface area (Å²) in [4.78, 5) is 0. The summed E-state index contributed by atoms with van der Waals surface area (Å²) >= 11 is 0. The molecule has 2 aliphatic rings. The van der Waals surface area contributed by atoms with E-state index >= 15 is 0 Å². The van der Waals surface area contributed by atoms with Crippen LogP contribution in [-0.2, 0) is 10.8 Å². The van der Waals surface area contributed by atoms with Crippen molar-refractivity contribution in [3.63, 3.8) is 0 Å². The van der Waals surface area contributed by atoms with Crippen LogP contribution in [0.3, 0.4) is 0 Å². The third-order valence-corrected chi connectivity index (χ3v) is 22.2. The number of hydrogen-bond acceptors (Lipinski definition) is 2. The van der Waals surface area contributed by atoms with E-state index in [1.807, 2.05) is 0 Å². The second-order valence-corrected chi connectivity index (χ2v) is 26.6. The molecule has 0 bridgehead atoms. The minimum absolute atomic E-state index is 0.339. The fourth-order valence-electron chi connectivity index (χ4n) is 18.5. The molecule has 0 atom stereocenters. The molecule has 15 aromatic carbocycles. The summed E-state index contributed by atoms with van der Waals surface area (Å²) in [6, 6.07) is 129. The highest BCUT2D eigenvalue weighted by Crippen LogP contribution is 2.62. The van der Waals surface area contributed by atoms with E-state index in [9.17, 15) is 10.5 Å². The number of aromatic nitrogens is 4. The van der Waals surface area contributed by atoms with Gasteiger partial charge in [-0.15, -0.1) is 0 Å². The highest BCUT2D eigenvalue weighted by Gasteiger charge is 2.51. The fourth-order valence-corrected chi connectivity index (χ4v) is 18.5. The SMILES string of the molecule is N#Cc1c(-n2c3ccccc3c3ccccc32)c(C#N)c(-n2c3ccccc3c3ccc4c(c32)C(c2ccccc2)(c2ccccc2)c2ccccc2-4)c(-n2c3ccccc3c3ccccc32)c1-n1c2ccccc2c2ccc3c(c21)C(c1ccccc1)(c1ccccc1)c1ccccc1-3. The van der Waals surface area contributed by atoms with Crippen molar-refractivity contribution < 1.29 is 0 Å². The molecule has 4 aromatic heterocycles. The molecule has 0 amide bonds. The Bertz CT molecular complexity index is 6310. The van der Waals surface area contributed by atoms with E-state index in [2.05, 4.69) is 370 Å². The van der Waals surface area contributed by atoms with Crippen LogP contribution in [0.15, 0.2) is 340 Å². The number of hydrogen-bond donors (Lipinski definition) is 0. The van der Waals surface area contributed by atoms with Gasteiger partial charge in [0.1, 0.15) is 23.3 Å². The lowest BCUT2D eigenvalue weighted by Crippen LogP contribution is -2.29. The van der Waals surface area contributed by atoms with Crippen LogP contribution < -0.4 is 0 Å². The topological polar surface area (TPSA) is 67.3 Å². The Morgan fingerprint density at radius 3 is 0.790 bits per heavy atom. The van der Waals surface area contributed by atoms with Crippen molar-refractivity contribution in [2.45, 2.75) is 10.8 Å². The zero-order valence-electron chi connectivity index (χ0n) is 54.0. The van der Waals surface area contributed by atoms with Crippen molar-refractivity contribution in [2.75, 3.05) is 0 Å². The van der Waals surface area contributed by atoms with Crippen LogP contribution in [0.25, 0.3) is 132 Å². The fraction of sp³-hybridized carbons (Fsp3) is 0.0213. The van der Waals surface area contributed by atoms with E-state index in [1.54, 1.807) is 0 Å². The highest BCUT2D eigenvalue weighted by atomic mass is 15.1. The van der Waals surface area contributed by atoms with Gasteiger partial charge >= 0.3 is 0 Å². The van der Waals surface area contributed by atoms with E-state index in [1.165, 1.54) is 11.1 Å². The number of para-hydroxylation sites is 6. The Hall–Kier alpha value is -13.5. The molecule has 0 N–H and O–H groups in total. The third kappa shape index (κ3) is 7.07. The van der Waals surface area contributed by atoms with Crippen LogP contribution in [0, 0.1) is 22.7 Å². The van der Waals surface area contributed by atoms with Crippen LogP contribution >= 0.6 is 0 Å². The lowest BCUT2D eigenvalue weighted by Gasteiger charge is -2.35. The van der Waals surface area contributed by atoms with Crippen LogP contribution in [0.2, 0.25) is 0 Å². The van der Waals surface area contributed by atoms with E-state index < -0.39 is 10.8 Å². The normalized spacial score (nSPS) is 13.3. The molecule has 21 rings (SSSR count). The second-order valence-electron chi connectivity index (χ2n) is 26.6. The predicted molar refractivity (Wildman–Crippen MR) is 408 cm³/mol. The van der Waals surface area contributed by atoms with E-state index in [0.29, 0.717) is 33.9 Å². The lowest BCUT2D eigenvalue weighted by atomic mass is 9.67. The van der Waals surface area contributed by atoms with Crippen LogP contribution in [-0.4, -0.2) is 18.3 Å². The second kappa shape index (κ2) is 21.0. The van der Waals surface area contributed by atoms with Gasteiger partial charge in [-0.3, -0.25) is 0 Å². The number of nitrogens with zero attached hydrogens (tertiary/aromatic N) is 6. The van der Waals surface area contributed by atoms with Gasteiger partial charge in [-0.25, -0.2) is 0 Å². The van der Waals surface area contributed by atoms with Crippen LogP contribution in [0.5, 0.6) is 0 Å². The molecule has 0 spiro atoms. The molecular weight excluding hydrogens is 1210 g/mol. The molecule has 6 heteroatoms. The molecular formula is C94H56N6. The first-order chi connectivity index (χ1) is 49.6. The Balaban J connectivity index is 1.08. The minimum Gasteiger partial charge on any atom is -0.306 e. The molecule has 19 aromatic rings. The summed E-state index contributed by atoms with van der Waals surface area (Å²) in [6.07, 6.45) is 0. The van der Waals surface area contributed by atoms with Crippen molar-refractivity contribution in [2.24, 2.45) is 0 Å². The van der Waals surface area contributed by atoms with Gasteiger partial charge < -0.3 is 18.3 Å². The summed E-state index contributed by atoms with van der Waals surface area (Å²) in [7, 11) is 0. The Labute approximate surface area is 575 Å². The minimum atomic E-state index is -0.897. The summed E-state index contributed by atoms with van der Waals surface area (Å²) in [5.74, 6) is 0. The molecule has 100 heavy (non-hydrogen) atoms. The van der Waals surface area contributed by atoms with Gasteiger partial charge in [-0.2, -0.15) is 10.5 Å². The lowest BCUT2D eigenvalue weighted by molar-refractivity contribution is 0.771. The smallest absolute Gasteiger partial charge is 0.104 e. The molecule has 0 aliphatic heterocycles. The van der Waals surface area contributed by atoms with Crippen molar-refractivity contribution in [3.8, 4) is 57.1 Å². The monoisotopic (exact) mass is 1270 g/mol. The average molecular weight is 1270 g/mol. The van der Waals surface area contributed by atoms with Gasteiger partial charge in [0.05, 0.1) is 77.7 Å². The van der Waals surface area contributed by atoms with Gasteiger partial charge in [0, 0.05) is 54.2 Å². The number of rotatable bonds is 8. The quantitative estimate of drug-likeness (QED) is 0.152. The Morgan fingerprint density at radius 2 is 0.470 bits per heavy atom. The van der Waals surface area contributed by atoms with Crippen LogP contribution in [0.4, 0.5) is 0 Å². The first-order valence-corrected chi connectivity index (χ1v) is 34.2.